The molecule has 1 unspecified atom stereocenters. The van der Waals surface area contributed by atoms with Gasteiger partial charge in [0, 0.05) is 0 Å². The second-order valence-corrected chi connectivity index (χ2v) is 8.06. The quantitative estimate of drug-likeness (QED) is 0.607. The lowest BCUT2D eigenvalue weighted by Crippen LogP contribution is -2.50. The van der Waals surface area contributed by atoms with Crippen LogP contribution in [0.2, 0.25) is 13.1 Å². The minimum atomic E-state index is -1.14. The van der Waals surface area contributed by atoms with Crippen LogP contribution in [0.5, 0.6) is 0 Å². The zero-order valence-corrected chi connectivity index (χ0v) is 12.1. The standard InChI is InChI=1S/C12H24O3Si/c1-12(2,3)11(15-16(4)5)10-9(13)7-6-8-14-10/h6-7,9-11,13,16H,8H2,1-5H3/t9-,10-,11?/m1/s1. The van der Waals surface area contributed by atoms with Crippen LogP contribution in [0.25, 0.3) is 0 Å². The Morgan fingerprint density at radius 2 is 2.06 bits per heavy atom. The Kier molecular flexibility index (Phi) is 4.73. The minimum Gasteiger partial charge on any atom is -0.414 e. The fourth-order valence-electron chi connectivity index (χ4n) is 1.90. The summed E-state index contributed by atoms with van der Waals surface area (Å²) in [6.45, 7) is 11.2. The molecular formula is C12H24O3Si. The van der Waals surface area contributed by atoms with E-state index in [4.69, 9.17) is 9.16 Å². The number of hydrogen-bond donors (Lipinski definition) is 1. The molecule has 0 fully saturated rings. The van der Waals surface area contributed by atoms with Gasteiger partial charge in [0.1, 0.15) is 12.2 Å². The summed E-state index contributed by atoms with van der Waals surface area (Å²) in [6.07, 6.45) is 2.83. The van der Waals surface area contributed by atoms with E-state index in [0.717, 1.165) is 0 Å². The molecule has 1 aliphatic rings. The SMILES string of the molecule is C[SiH](C)OC([C@@H]1OCC=C[C@H]1O)C(C)(C)C. The molecule has 16 heavy (non-hydrogen) atoms. The molecule has 94 valence electrons. The van der Waals surface area contributed by atoms with Crippen LogP contribution in [0.15, 0.2) is 12.2 Å². The van der Waals surface area contributed by atoms with Gasteiger partial charge >= 0.3 is 0 Å². The third-order valence-corrected chi connectivity index (χ3v) is 3.46. The fourth-order valence-corrected chi connectivity index (χ4v) is 3.05. The lowest BCUT2D eigenvalue weighted by molar-refractivity contribution is -0.109. The van der Waals surface area contributed by atoms with Crippen LogP contribution >= 0.6 is 0 Å². The molecule has 1 aliphatic heterocycles. The van der Waals surface area contributed by atoms with E-state index < -0.39 is 15.1 Å². The molecule has 1 rings (SSSR count). The van der Waals surface area contributed by atoms with Crippen LogP contribution in [0, 0.1) is 5.41 Å². The highest BCUT2D eigenvalue weighted by molar-refractivity contribution is 6.48. The molecule has 3 atom stereocenters. The molecule has 0 aromatic rings. The van der Waals surface area contributed by atoms with Gasteiger partial charge in [0.05, 0.1) is 12.7 Å². The predicted molar refractivity (Wildman–Crippen MR) is 68.1 cm³/mol. The number of rotatable bonds is 3. The van der Waals surface area contributed by atoms with Gasteiger partial charge in [0.2, 0.25) is 0 Å². The summed E-state index contributed by atoms with van der Waals surface area (Å²) in [6, 6.07) is 0. The Morgan fingerprint density at radius 1 is 1.44 bits per heavy atom. The van der Waals surface area contributed by atoms with Gasteiger partial charge in [-0.05, 0) is 18.5 Å². The third-order valence-electron chi connectivity index (χ3n) is 2.63. The predicted octanol–water partition coefficient (Wildman–Crippen LogP) is 1.72. The van der Waals surface area contributed by atoms with Crippen molar-refractivity contribution >= 4 is 9.04 Å². The van der Waals surface area contributed by atoms with Crippen molar-refractivity contribution in [3.8, 4) is 0 Å². The van der Waals surface area contributed by atoms with E-state index in [1.807, 2.05) is 6.08 Å². The van der Waals surface area contributed by atoms with Crippen LogP contribution < -0.4 is 0 Å². The normalized spacial score (nSPS) is 28.4. The lowest BCUT2D eigenvalue weighted by atomic mass is 9.83. The molecule has 0 aromatic heterocycles. The number of aliphatic hydroxyl groups is 1. The molecular weight excluding hydrogens is 220 g/mol. The topological polar surface area (TPSA) is 38.7 Å². The zero-order valence-electron chi connectivity index (χ0n) is 10.9. The van der Waals surface area contributed by atoms with Crippen LogP contribution in [0.1, 0.15) is 20.8 Å². The molecule has 0 aromatic carbocycles. The number of aliphatic hydroxyl groups excluding tert-OH is 1. The van der Waals surface area contributed by atoms with Gasteiger partial charge in [0.15, 0.2) is 9.04 Å². The maximum atomic E-state index is 9.94. The smallest absolute Gasteiger partial charge is 0.171 e. The average molecular weight is 244 g/mol. The van der Waals surface area contributed by atoms with Crippen molar-refractivity contribution in [2.75, 3.05) is 6.61 Å². The monoisotopic (exact) mass is 244 g/mol. The highest BCUT2D eigenvalue weighted by Gasteiger charge is 2.38. The molecule has 4 heteroatoms. The summed E-state index contributed by atoms with van der Waals surface area (Å²) < 4.78 is 11.7. The third kappa shape index (κ3) is 3.70. The molecule has 0 amide bonds. The van der Waals surface area contributed by atoms with E-state index in [-0.39, 0.29) is 17.6 Å². The number of ether oxygens (including phenoxy) is 1. The van der Waals surface area contributed by atoms with E-state index >= 15 is 0 Å². The summed E-state index contributed by atoms with van der Waals surface area (Å²) >= 11 is 0. The molecule has 1 N–H and O–H groups in total. The van der Waals surface area contributed by atoms with Crippen molar-refractivity contribution in [1.82, 2.24) is 0 Å². The van der Waals surface area contributed by atoms with Gasteiger partial charge in [-0.25, -0.2) is 0 Å². The van der Waals surface area contributed by atoms with Gasteiger partial charge in [-0.3, -0.25) is 0 Å². The Hall–Kier alpha value is -0.163. The first-order valence-corrected chi connectivity index (χ1v) is 8.72. The zero-order chi connectivity index (χ0) is 12.3. The summed E-state index contributed by atoms with van der Waals surface area (Å²) in [5.41, 5.74) is -0.0197. The second-order valence-electron chi connectivity index (χ2n) is 5.69. The van der Waals surface area contributed by atoms with Crippen LogP contribution in [-0.2, 0) is 9.16 Å². The summed E-state index contributed by atoms with van der Waals surface area (Å²) in [7, 11) is -1.14. The molecule has 0 saturated carbocycles. The largest absolute Gasteiger partial charge is 0.414 e. The molecule has 3 nitrogen and oxygen atoms in total. The van der Waals surface area contributed by atoms with Gasteiger partial charge in [-0.15, -0.1) is 0 Å². The molecule has 0 saturated heterocycles. The van der Waals surface area contributed by atoms with Crippen molar-refractivity contribution < 1.29 is 14.3 Å². The Balaban J connectivity index is 2.79. The van der Waals surface area contributed by atoms with E-state index in [1.165, 1.54) is 0 Å². The van der Waals surface area contributed by atoms with E-state index in [2.05, 4.69) is 33.9 Å². The van der Waals surface area contributed by atoms with Gasteiger partial charge in [-0.2, -0.15) is 0 Å². The molecule has 0 radical (unpaired) electrons. The summed E-state index contributed by atoms with van der Waals surface area (Å²) in [5, 5.41) is 9.94. The van der Waals surface area contributed by atoms with Crippen molar-refractivity contribution in [3.05, 3.63) is 12.2 Å². The van der Waals surface area contributed by atoms with Crippen LogP contribution in [0.4, 0.5) is 0 Å². The Bertz CT molecular complexity index is 245. The minimum absolute atomic E-state index is 0.0197. The molecule has 0 bridgehead atoms. The maximum absolute atomic E-state index is 9.94. The first-order valence-electron chi connectivity index (χ1n) is 5.94. The molecule has 0 spiro atoms. The van der Waals surface area contributed by atoms with E-state index in [9.17, 15) is 5.11 Å². The molecule has 1 heterocycles. The number of hydrogen-bond acceptors (Lipinski definition) is 3. The van der Waals surface area contributed by atoms with Crippen molar-refractivity contribution in [1.29, 1.82) is 0 Å². The summed E-state index contributed by atoms with van der Waals surface area (Å²) in [4.78, 5) is 0. The average Bonchev–Trinajstić information content (AvgIpc) is 2.13. The van der Waals surface area contributed by atoms with Gasteiger partial charge < -0.3 is 14.3 Å². The first-order chi connectivity index (χ1) is 7.32. The maximum Gasteiger partial charge on any atom is 0.171 e. The Labute approximate surface area is 100 Å². The highest BCUT2D eigenvalue weighted by atomic mass is 28.3. The van der Waals surface area contributed by atoms with Crippen molar-refractivity contribution in [2.45, 2.75) is 52.2 Å². The van der Waals surface area contributed by atoms with Crippen molar-refractivity contribution in [2.24, 2.45) is 5.41 Å². The van der Waals surface area contributed by atoms with Gasteiger partial charge in [-0.1, -0.05) is 32.9 Å². The molecule has 0 aliphatic carbocycles. The Morgan fingerprint density at radius 3 is 2.50 bits per heavy atom. The van der Waals surface area contributed by atoms with E-state index in [1.54, 1.807) is 6.08 Å². The van der Waals surface area contributed by atoms with Crippen LogP contribution in [0.3, 0.4) is 0 Å². The highest BCUT2D eigenvalue weighted by Crippen LogP contribution is 2.30. The fraction of sp³-hybridized carbons (Fsp3) is 0.833. The first kappa shape index (κ1) is 13.9. The van der Waals surface area contributed by atoms with Crippen LogP contribution in [-0.4, -0.2) is 39.1 Å². The lowest BCUT2D eigenvalue weighted by Gasteiger charge is -2.40. The van der Waals surface area contributed by atoms with Gasteiger partial charge in [0.25, 0.3) is 0 Å². The van der Waals surface area contributed by atoms with E-state index in [0.29, 0.717) is 6.61 Å². The van der Waals surface area contributed by atoms with Crippen molar-refractivity contribution in [3.63, 3.8) is 0 Å². The summed E-state index contributed by atoms with van der Waals surface area (Å²) in [5.74, 6) is 0. The second kappa shape index (κ2) is 5.45.